The van der Waals surface area contributed by atoms with Crippen LogP contribution < -0.4 is 4.90 Å². The minimum atomic E-state index is -3.98. The lowest BCUT2D eigenvalue weighted by Gasteiger charge is -2.32. The van der Waals surface area contributed by atoms with Crippen LogP contribution in [0.4, 0.5) is 14.5 Å². The number of piperidine rings is 1. The van der Waals surface area contributed by atoms with Crippen LogP contribution >= 0.6 is 0 Å². The molecule has 1 aliphatic rings. The van der Waals surface area contributed by atoms with Crippen molar-refractivity contribution < 1.29 is 26.5 Å². The summed E-state index contributed by atoms with van der Waals surface area (Å²) < 4.78 is 60.6. The topological polar surface area (TPSA) is 83.7 Å². The van der Waals surface area contributed by atoms with Gasteiger partial charge in [0.2, 0.25) is 15.9 Å². The SMILES string of the molecule is Cc1cccc(N(C)C(=O)C2CCN(S(=O)(=O)c3c(C)noc3C=Cc3ccc(F)cc3F)CC2)c1. The fraction of sp³-hybridized carbons (Fsp3) is 0.308. The highest BCUT2D eigenvalue weighted by molar-refractivity contribution is 7.89. The molecule has 1 aromatic heterocycles. The number of hydrogen-bond donors (Lipinski definition) is 0. The lowest BCUT2D eigenvalue weighted by Crippen LogP contribution is -2.43. The van der Waals surface area contributed by atoms with Crippen molar-refractivity contribution in [2.45, 2.75) is 31.6 Å². The summed E-state index contributed by atoms with van der Waals surface area (Å²) in [5.41, 5.74) is 2.09. The van der Waals surface area contributed by atoms with Crippen molar-refractivity contribution in [2.75, 3.05) is 25.0 Å². The molecule has 2 heterocycles. The largest absolute Gasteiger partial charge is 0.355 e. The molecule has 0 radical (unpaired) electrons. The number of nitrogens with zero attached hydrogens (tertiary/aromatic N) is 3. The van der Waals surface area contributed by atoms with Crippen LogP contribution in [-0.2, 0) is 14.8 Å². The van der Waals surface area contributed by atoms with Gasteiger partial charge in [-0.3, -0.25) is 4.79 Å². The Labute approximate surface area is 209 Å². The van der Waals surface area contributed by atoms with Gasteiger partial charge in [-0.15, -0.1) is 0 Å². The fourth-order valence-corrected chi connectivity index (χ4v) is 6.03. The molecule has 1 fully saturated rings. The third kappa shape index (κ3) is 5.24. The molecule has 190 valence electrons. The number of carbonyl (C=O) groups excluding carboxylic acids is 1. The molecule has 0 unspecified atom stereocenters. The third-order valence-corrected chi connectivity index (χ3v) is 8.39. The van der Waals surface area contributed by atoms with E-state index in [1.165, 1.54) is 29.4 Å². The molecule has 2 aromatic carbocycles. The maximum absolute atomic E-state index is 14.0. The lowest BCUT2D eigenvalue weighted by atomic mass is 9.96. The van der Waals surface area contributed by atoms with Crippen molar-refractivity contribution in [3.8, 4) is 0 Å². The van der Waals surface area contributed by atoms with Gasteiger partial charge in [-0.05, 0) is 68.7 Å². The first-order valence-electron chi connectivity index (χ1n) is 11.5. The normalized spacial score (nSPS) is 15.5. The number of aryl methyl sites for hydroxylation is 2. The first-order chi connectivity index (χ1) is 17.1. The molecule has 0 saturated carbocycles. The van der Waals surface area contributed by atoms with Gasteiger partial charge in [-0.2, -0.15) is 4.31 Å². The predicted octanol–water partition coefficient (Wildman–Crippen LogP) is 4.80. The number of hydrogen-bond acceptors (Lipinski definition) is 5. The molecule has 0 N–H and O–H groups in total. The predicted molar refractivity (Wildman–Crippen MR) is 133 cm³/mol. The van der Waals surface area contributed by atoms with Crippen LogP contribution in [0.15, 0.2) is 51.9 Å². The maximum atomic E-state index is 14.0. The summed E-state index contributed by atoms with van der Waals surface area (Å²) in [5.74, 6) is -1.90. The van der Waals surface area contributed by atoms with Gasteiger partial charge >= 0.3 is 0 Å². The van der Waals surface area contributed by atoms with Crippen molar-refractivity contribution >= 4 is 33.8 Å². The quantitative estimate of drug-likeness (QED) is 0.471. The molecule has 0 spiro atoms. The molecular weight excluding hydrogens is 488 g/mol. The maximum Gasteiger partial charge on any atom is 0.248 e. The molecule has 1 amide bonds. The van der Waals surface area contributed by atoms with E-state index in [9.17, 15) is 22.0 Å². The van der Waals surface area contributed by atoms with E-state index in [4.69, 9.17) is 4.52 Å². The summed E-state index contributed by atoms with van der Waals surface area (Å²) in [6, 6.07) is 10.7. The molecule has 0 atom stereocenters. The van der Waals surface area contributed by atoms with Crippen molar-refractivity contribution in [2.24, 2.45) is 5.92 Å². The van der Waals surface area contributed by atoms with Gasteiger partial charge in [0.25, 0.3) is 0 Å². The zero-order valence-corrected chi connectivity index (χ0v) is 21.1. The molecule has 1 saturated heterocycles. The molecular formula is C26H27F2N3O4S. The van der Waals surface area contributed by atoms with Crippen LogP contribution in [0, 0.1) is 31.4 Å². The van der Waals surface area contributed by atoms with E-state index in [0.717, 1.165) is 23.4 Å². The molecule has 36 heavy (non-hydrogen) atoms. The number of rotatable bonds is 6. The summed E-state index contributed by atoms with van der Waals surface area (Å²) in [7, 11) is -2.26. The van der Waals surface area contributed by atoms with Crippen molar-refractivity contribution in [3.05, 3.63) is 76.7 Å². The molecule has 0 bridgehead atoms. The summed E-state index contributed by atoms with van der Waals surface area (Å²) >= 11 is 0. The highest BCUT2D eigenvalue weighted by atomic mass is 32.2. The first kappa shape index (κ1) is 25.7. The monoisotopic (exact) mass is 515 g/mol. The van der Waals surface area contributed by atoms with Crippen LogP contribution in [0.3, 0.4) is 0 Å². The lowest BCUT2D eigenvalue weighted by molar-refractivity contribution is -0.123. The Morgan fingerprint density at radius 3 is 2.50 bits per heavy atom. The van der Waals surface area contributed by atoms with E-state index in [2.05, 4.69) is 5.16 Å². The van der Waals surface area contributed by atoms with E-state index in [-0.39, 0.29) is 46.8 Å². The fourth-order valence-electron chi connectivity index (χ4n) is 4.31. The summed E-state index contributed by atoms with van der Waals surface area (Å²) in [4.78, 5) is 14.5. The van der Waals surface area contributed by atoms with E-state index in [0.29, 0.717) is 12.8 Å². The Kier molecular flexibility index (Phi) is 7.37. The number of amides is 1. The van der Waals surface area contributed by atoms with E-state index in [1.54, 1.807) is 11.9 Å². The van der Waals surface area contributed by atoms with Gasteiger partial charge < -0.3 is 9.42 Å². The van der Waals surface area contributed by atoms with Crippen LogP contribution in [0.5, 0.6) is 0 Å². The minimum Gasteiger partial charge on any atom is -0.355 e. The van der Waals surface area contributed by atoms with Gasteiger partial charge in [0.15, 0.2) is 10.7 Å². The van der Waals surface area contributed by atoms with Crippen molar-refractivity contribution in [1.82, 2.24) is 9.46 Å². The second-order valence-corrected chi connectivity index (χ2v) is 10.7. The van der Waals surface area contributed by atoms with Gasteiger partial charge in [0, 0.05) is 43.4 Å². The number of sulfonamides is 1. The average molecular weight is 516 g/mol. The van der Waals surface area contributed by atoms with Crippen molar-refractivity contribution in [1.29, 1.82) is 0 Å². The summed E-state index contributed by atoms with van der Waals surface area (Å²) in [6.07, 6.45) is 3.37. The second-order valence-electron chi connectivity index (χ2n) is 8.88. The van der Waals surface area contributed by atoms with Gasteiger partial charge in [0.1, 0.15) is 17.3 Å². The van der Waals surface area contributed by atoms with Gasteiger partial charge in [-0.25, -0.2) is 17.2 Å². The zero-order chi connectivity index (χ0) is 26.0. The molecule has 0 aliphatic carbocycles. The molecule has 4 rings (SSSR count). The van der Waals surface area contributed by atoms with E-state index in [1.807, 2.05) is 31.2 Å². The number of benzene rings is 2. The molecule has 1 aliphatic heterocycles. The minimum absolute atomic E-state index is 0.0476. The highest BCUT2D eigenvalue weighted by Crippen LogP contribution is 2.30. The van der Waals surface area contributed by atoms with Gasteiger partial charge in [0.05, 0.1) is 0 Å². The van der Waals surface area contributed by atoms with Crippen LogP contribution in [0.1, 0.15) is 35.4 Å². The van der Waals surface area contributed by atoms with Gasteiger partial charge in [-0.1, -0.05) is 17.3 Å². The summed E-state index contributed by atoms with van der Waals surface area (Å²) in [6.45, 7) is 3.80. The Hall–Kier alpha value is -3.37. The van der Waals surface area contributed by atoms with Crippen LogP contribution in [0.2, 0.25) is 0 Å². The van der Waals surface area contributed by atoms with Crippen LogP contribution in [-0.4, -0.2) is 43.9 Å². The van der Waals surface area contributed by atoms with E-state index < -0.39 is 21.7 Å². The standard InChI is InChI=1S/C26H27F2N3O4S/c1-17-5-4-6-22(15-17)30(3)26(32)20-11-13-31(14-12-20)36(33,34)25-18(2)29-35-24(25)10-8-19-7-9-21(27)16-23(19)28/h4-10,15-16,20H,11-14H2,1-3H3. The average Bonchev–Trinajstić information content (AvgIpc) is 3.23. The highest BCUT2D eigenvalue weighted by Gasteiger charge is 2.36. The number of aromatic nitrogens is 1. The number of carbonyl (C=O) groups is 1. The third-order valence-electron chi connectivity index (χ3n) is 6.33. The Morgan fingerprint density at radius 2 is 1.83 bits per heavy atom. The smallest absolute Gasteiger partial charge is 0.248 e. The Bertz CT molecular complexity index is 1410. The number of halogens is 2. The summed E-state index contributed by atoms with van der Waals surface area (Å²) in [5, 5.41) is 3.79. The van der Waals surface area contributed by atoms with Crippen LogP contribution in [0.25, 0.3) is 12.2 Å². The zero-order valence-electron chi connectivity index (χ0n) is 20.2. The molecule has 3 aromatic rings. The second kappa shape index (κ2) is 10.3. The Morgan fingerprint density at radius 1 is 1.11 bits per heavy atom. The molecule has 7 nitrogen and oxygen atoms in total. The Balaban J connectivity index is 1.48. The molecule has 10 heteroatoms. The number of anilines is 1. The van der Waals surface area contributed by atoms with Crippen molar-refractivity contribution in [3.63, 3.8) is 0 Å². The first-order valence-corrected chi connectivity index (χ1v) is 13.0. The van der Waals surface area contributed by atoms with E-state index >= 15 is 0 Å².